The fourth-order valence-corrected chi connectivity index (χ4v) is 2.50. The first-order valence-corrected chi connectivity index (χ1v) is 6.77. The van der Waals surface area contributed by atoms with Crippen molar-refractivity contribution in [1.82, 2.24) is 4.90 Å². The van der Waals surface area contributed by atoms with Crippen LogP contribution < -0.4 is 5.73 Å². The third-order valence-corrected chi connectivity index (χ3v) is 3.65. The van der Waals surface area contributed by atoms with Crippen molar-refractivity contribution in [1.29, 1.82) is 0 Å². The highest BCUT2D eigenvalue weighted by Gasteiger charge is 2.25. The van der Waals surface area contributed by atoms with E-state index in [0.29, 0.717) is 6.42 Å². The van der Waals surface area contributed by atoms with Crippen molar-refractivity contribution in [2.45, 2.75) is 19.3 Å². The maximum Gasteiger partial charge on any atom is 0.221 e. The lowest BCUT2D eigenvalue weighted by Gasteiger charge is -2.14. The lowest BCUT2D eigenvalue weighted by Crippen LogP contribution is -2.28. The van der Waals surface area contributed by atoms with Gasteiger partial charge in [-0.25, -0.2) is 0 Å². The Morgan fingerprint density at radius 3 is 2.63 bits per heavy atom. The molecule has 0 bridgehead atoms. The summed E-state index contributed by atoms with van der Waals surface area (Å²) in [6.07, 6.45) is 2.24. The topological polar surface area (TPSA) is 63.4 Å². The fraction of sp³-hybridized carbons (Fsp3) is 0.467. The van der Waals surface area contributed by atoms with Gasteiger partial charge in [0.25, 0.3) is 0 Å². The standard InChI is InChI=1S/C15H20N2O2/c16-15(19)13-8-10-17(11-13)9-4-7-14(18)12-5-2-1-3-6-12/h1-3,5-6,13H,4,7-11H2,(H2,16,19). The summed E-state index contributed by atoms with van der Waals surface area (Å²) in [5.41, 5.74) is 6.07. The smallest absolute Gasteiger partial charge is 0.221 e. The van der Waals surface area contributed by atoms with Gasteiger partial charge in [-0.1, -0.05) is 30.3 Å². The molecule has 1 aliphatic rings. The van der Waals surface area contributed by atoms with E-state index in [1.165, 1.54) is 0 Å². The number of ketones is 1. The Balaban J connectivity index is 1.70. The van der Waals surface area contributed by atoms with Crippen LogP contribution in [-0.4, -0.2) is 36.2 Å². The Bertz CT molecular complexity index is 445. The third-order valence-electron chi connectivity index (χ3n) is 3.65. The molecule has 1 aromatic carbocycles. The number of primary amides is 1. The van der Waals surface area contributed by atoms with E-state index >= 15 is 0 Å². The van der Waals surface area contributed by atoms with Crippen molar-refractivity contribution >= 4 is 11.7 Å². The van der Waals surface area contributed by atoms with Gasteiger partial charge in [0.05, 0.1) is 5.92 Å². The van der Waals surface area contributed by atoms with E-state index in [9.17, 15) is 9.59 Å². The van der Waals surface area contributed by atoms with E-state index in [1.807, 2.05) is 30.3 Å². The van der Waals surface area contributed by atoms with Crippen LogP contribution in [0, 0.1) is 5.92 Å². The van der Waals surface area contributed by atoms with Gasteiger partial charge in [-0.15, -0.1) is 0 Å². The summed E-state index contributed by atoms with van der Waals surface area (Å²) in [7, 11) is 0. The lowest BCUT2D eigenvalue weighted by atomic mass is 10.1. The van der Waals surface area contributed by atoms with Crippen LogP contribution in [0.1, 0.15) is 29.6 Å². The second-order valence-electron chi connectivity index (χ2n) is 5.08. The van der Waals surface area contributed by atoms with E-state index in [4.69, 9.17) is 5.73 Å². The van der Waals surface area contributed by atoms with Crippen LogP contribution in [0.25, 0.3) is 0 Å². The number of hydrogen-bond donors (Lipinski definition) is 1. The minimum Gasteiger partial charge on any atom is -0.369 e. The van der Waals surface area contributed by atoms with E-state index in [0.717, 1.165) is 38.0 Å². The molecule has 2 N–H and O–H groups in total. The molecule has 102 valence electrons. The summed E-state index contributed by atoms with van der Waals surface area (Å²) in [5, 5.41) is 0. The number of likely N-dealkylation sites (tertiary alicyclic amines) is 1. The van der Waals surface area contributed by atoms with Crippen molar-refractivity contribution < 1.29 is 9.59 Å². The van der Waals surface area contributed by atoms with Crippen LogP contribution in [0.5, 0.6) is 0 Å². The van der Waals surface area contributed by atoms with E-state index < -0.39 is 0 Å². The molecule has 1 fully saturated rings. The van der Waals surface area contributed by atoms with Gasteiger partial charge >= 0.3 is 0 Å². The zero-order valence-corrected chi connectivity index (χ0v) is 11.0. The highest BCUT2D eigenvalue weighted by molar-refractivity contribution is 5.95. The number of hydrogen-bond acceptors (Lipinski definition) is 3. The third kappa shape index (κ3) is 3.89. The summed E-state index contributed by atoms with van der Waals surface area (Å²) in [4.78, 5) is 25.2. The molecule has 0 saturated carbocycles. The molecule has 1 aromatic rings. The average Bonchev–Trinajstić information content (AvgIpc) is 2.89. The first-order chi connectivity index (χ1) is 9.16. The van der Waals surface area contributed by atoms with E-state index in [1.54, 1.807) is 0 Å². The summed E-state index contributed by atoms with van der Waals surface area (Å²) < 4.78 is 0. The Labute approximate surface area is 113 Å². The summed E-state index contributed by atoms with van der Waals surface area (Å²) >= 11 is 0. The van der Waals surface area contributed by atoms with Crippen molar-refractivity contribution in [2.24, 2.45) is 11.7 Å². The monoisotopic (exact) mass is 260 g/mol. The number of amides is 1. The first-order valence-electron chi connectivity index (χ1n) is 6.77. The van der Waals surface area contributed by atoms with Crippen LogP contribution in [0.3, 0.4) is 0 Å². The molecular weight excluding hydrogens is 240 g/mol. The summed E-state index contributed by atoms with van der Waals surface area (Å²) in [6.45, 7) is 2.52. The minimum atomic E-state index is -0.206. The van der Waals surface area contributed by atoms with Crippen molar-refractivity contribution in [3.05, 3.63) is 35.9 Å². The van der Waals surface area contributed by atoms with Gasteiger partial charge in [0.15, 0.2) is 5.78 Å². The van der Waals surface area contributed by atoms with Gasteiger partial charge in [-0.05, 0) is 25.9 Å². The van der Waals surface area contributed by atoms with Gasteiger partial charge in [0.2, 0.25) is 5.91 Å². The predicted molar refractivity (Wildman–Crippen MR) is 73.7 cm³/mol. The molecule has 0 spiro atoms. The Hall–Kier alpha value is -1.68. The lowest BCUT2D eigenvalue weighted by molar-refractivity contribution is -0.121. The Morgan fingerprint density at radius 2 is 2.00 bits per heavy atom. The van der Waals surface area contributed by atoms with E-state index in [2.05, 4.69) is 4.90 Å². The Morgan fingerprint density at radius 1 is 1.26 bits per heavy atom. The van der Waals surface area contributed by atoms with Crippen molar-refractivity contribution in [3.8, 4) is 0 Å². The maximum atomic E-state index is 11.9. The van der Waals surface area contributed by atoms with Crippen molar-refractivity contribution in [3.63, 3.8) is 0 Å². The molecule has 4 heteroatoms. The molecule has 1 amide bonds. The molecule has 0 aliphatic carbocycles. The van der Waals surface area contributed by atoms with Gasteiger partial charge in [0.1, 0.15) is 0 Å². The van der Waals surface area contributed by atoms with Crippen LogP contribution >= 0.6 is 0 Å². The SMILES string of the molecule is NC(=O)C1CCN(CCCC(=O)c2ccccc2)C1. The number of carbonyl (C=O) groups excluding carboxylic acids is 2. The zero-order chi connectivity index (χ0) is 13.7. The first kappa shape index (κ1) is 13.7. The normalized spacial score (nSPS) is 19.5. The molecule has 19 heavy (non-hydrogen) atoms. The Kier molecular flexibility index (Phi) is 4.68. The molecule has 4 nitrogen and oxygen atoms in total. The second-order valence-corrected chi connectivity index (χ2v) is 5.08. The van der Waals surface area contributed by atoms with Gasteiger partial charge < -0.3 is 10.6 Å². The predicted octanol–water partition coefficient (Wildman–Crippen LogP) is 1.46. The number of rotatable bonds is 6. The molecule has 2 rings (SSSR count). The molecule has 1 atom stereocenters. The van der Waals surface area contributed by atoms with Gasteiger partial charge in [0, 0.05) is 18.5 Å². The highest BCUT2D eigenvalue weighted by atomic mass is 16.1. The van der Waals surface area contributed by atoms with Crippen LogP contribution in [0.15, 0.2) is 30.3 Å². The fourth-order valence-electron chi connectivity index (χ4n) is 2.50. The number of benzene rings is 1. The molecule has 1 heterocycles. The number of nitrogens with two attached hydrogens (primary N) is 1. The molecule has 1 saturated heterocycles. The second kappa shape index (κ2) is 6.48. The maximum absolute atomic E-state index is 11.9. The number of nitrogens with zero attached hydrogens (tertiary/aromatic N) is 1. The van der Waals surface area contributed by atoms with Crippen LogP contribution in [-0.2, 0) is 4.79 Å². The molecule has 1 aliphatic heterocycles. The van der Waals surface area contributed by atoms with E-state index in [-0.39, 0.29) is 17.6 Å². The molecule has 0 radical (unpaired) electrons. The molecular formula is C15H20N2O2. The largest absolute Gasteiger partial charge is 0.369 e. The molecule has 0 aromatic heterocycles. The average molecular weight is 260 g/mol. The van der Waals surface area contributed by atoms with Gasteiger partial charge in [-0.3, -0.25) is 9.59 Å². The van der Waals surface area contributed by atoms with Gasteiger partial charge in [-0.2, -0.15) is 0 Å². The quantitative estimate of drug-likeness (QED) is 0.787. The summed E-state index contributed by atoms with van der Waals surface area (Å²) in [5.74, 6) is -0.0288. The number of carbonyl (C=O) groups is 2. The number of Topliss-reactive ketones (excluding diaryl/α,β-unsaturated/α-hetero) is 1. The van der Waals surface area contributed by atoms with Crippen LogP contribution in [0.2, 0.25) is 0 Å². The van der Waals surface area contributed by atoms with Crippen molar-refractivity contribution in [2.75, 3.05) is 19.6 Å². The van der Waals surface area contributed by atoms with Crippen LogP contribution in [0.4, 0.5) is 0 Å². The minimum absolute atomic E-state index is 0.00942. The molecule has 1 unspecified atom stereocenters. The highest BCUT2D eigenvalue weighted by Crippen LogP contribution is 2.16. The summed E-state index contributed by atoms with van der Waals surface area (Å²) in [6, 6.07) is 9.36. The zero-order valence-electron chi connectivity index (χ0n) is 11.0.